The molecule has 0 N–H and O–H groups in total. The quantitative estimate of drug-likeness (QED) is 0.408. The van der Waals surface area contributed by atoms with Crippen LogP contribution in [0.4, 0.5) is 32.0 Å². The Balaban J connectivity index is 3.10. The first kappa shape index (κ1) is 21.9. The van der Waals surface area contributed by atoms with Crippen molar-refractivity contribution >= 4 is 26.9 Å². The number of hydrogen-bond acceptors (Lipinski definition) is 5. The van der Waals surface area contributed by atoms with Crippen LogP contribution in [0.3, 0.4) is 0 Å². The molecule has 28 heavy (non-hydrogen) atoms. The molecule has 0 aliphatic rings. The van der Waals surface area contributed by atoms with E-state index in [2.05, 4.69) is 4.98 Å². The molecule has 1 aromatic heterocycles. The lowest BCUT2D eigenvalue weighted by atomic mass is 10.1. The van der Waals surface area contributed by atoms with Gasteiger partial charge in [-0.05, 0) is 6.07 Å². The monoisotopic (exact) mass is 434 g/mol. The number of halogens is 6. The predicted molar refractivity (Wildman–Crippen MR) is 83.6 cm³/mol. The summed E-state index contributed by atoms with van der Waals surface area (Å²) in [6.07, 6.45) is -10.6. The van der Waals surface area contributed by atoms with Gasteiger partial charge >= 0.3 is 22.6 Å². The summed E-state index contributed by atoms with van der Waals surface area (Å²) in [6.45, 7) is 2.02. The van der Waals surface area contributed by atoms with Crippen LogP contribution in [0.5, 0.6) is 0 Å². The number of hydrogen-bond donors (Lipinski definition) is 0. The number of nitro benzene ring substituents is 1. The maximum absolute atomic E-state index is 13.4. The van der Waals surface area contributed by atoms with Gasteiger partial charge in [0.25, 0.3) is 5.69 Å². The molecule has 0 aliphatic heterocycles. The third-order valence-electron chi connectivity index (χ3n) is 3.74. The number of aromatic nitrogens is 2. The van der Waals surface area contributed by atoms with Crippen molar-refractivity contribution in [1.29, 1.82) is 0 Å². The lowest BCUT2D eigenvalue weighted by Gasteiger charge is -2.21. The summed E-state index contributed by atoms with van der Waals surface area (Å²) < 4.78 is 105. The highest BCUT2D eigenvalue weighted by atomic mass is 32.2. The van der Waals surface area contributed by atoms with Crippen LogP contribution in [0.15, 0.2) is 12.1 Å². The molecule has 0 unspecified atom stereocenters. The Morgan fingerprint density at radius 1 is 1.11 bits per heavy atom. The maximum atomic E-state index is 13.4. The molecule has 0 amide bonds. The van der Waals surface area contributed by atoms with Gasteiger partial charge in [0.05, 0.1) is 16.0 Å². The first-order valence-corrected chi connectivity index (χ1v) is 8.91. The lowest BCUT2D eigenvalue weighted by Crippen LogP contribution is -2.37. The molecule has 0 aliphatic carbocycles. The maximum Gasteiger partial charge on any atom is 0.450 e. The molecule has 0 atom stereocenters. The fourth-order valence-corrected chi connectivity index (χ4v) is 4.15. The summed E-state index contributed by atoms with van der Waals surface area (Å²) in [5.74, 6) is -2.09. The fourth-order valence-electron chi connectivity index (χ4n) is 2.52. The first-order valence-electron chi connectivity index (χ1n) is 7.52. The minimum absolute atomic E-state index is 0.00383. The van der Waals surface area contributed by atoms with Crippen LogP contribution in [0, 0.1) is 10.1 Å². The highest BCUT2D eigenvalue weighted by Crippen LogP contribution is 2.40. The van der Waals surface area contributed by atoms with Crippen LogP contribution in [0.25, 0.3) is 11.0 Å². The fraction of sp³-hybridized carbons (Fsp3) is 0.462. The second-order valence-electron chi connectivity index (χ2n) is 5.41. The zero-order chi connectivity index (χ0) is 21.7. The van der Waals surface area contributed by atoms with Gasteiger partial charge in [-0.25, -0.2) is 8.96 Å². The number of nitro groups is 1. The predicted octanol–water partition coefficient (Wildman–Crippen LogP) is 3.42. The molecule has 15 heteroatoms. The molecule has 0 spiro atoms. The standard InChI is InChI=1S/C13H12F6N4O4S/c1-3-21(4-2)28(26,27)22-8-5-7(12(14,15)16)6-9(23(24)25)10(8)20-11(22)13(17,18)19/h5-6H,3-4H2,1-2H3. The van der Waals surface area contributed by atoms with Crippen LogP contribution in [0.2, 0.25) is 0 Å². The molecule has 0 radical (unpaired) electrons. The van der Waals surface area contributed by atoms with E-state index in [1.807, 2.05) is 0 Å². The second-order valence-corrected chi connectivity index (χ2v) is 7.18. The van der Waals surface area contributed by atoms with E-state index < -0.39 is 59.6 Å². The van der Waals surface area contributed by atoms with Crippen LogP contribution in [-0.4, -0.2) is 39.7 Å². The summed E-state index contributed by atoms with van der Waals surface area (Å²) in [5, 5.41) is 11.1. The van der Waals surface area contributed by atoms with Crippen molar-refractivity contribution < 1.29 is 39.7 Å². The van der Waals surface area contributed by atoms with Gasteiger partial charge in [0, 0.05) is 19.2 Å². The third kappa shape index (κ3) is 3.63. The van der Waals surface area contributed by atoms with Gasteiger partial charge < -0.3 is 0 Å². The van der Waals surface area contributed by atoms with Crippen molar-refractivity contribution in [2.24, 2.45) is 0 Å². The number of non-ortho nitro benzene ring substituents is 1. The summed E-state index contributed by atoms with van der Waals surface area (Å²) in [4.78, 5) is 12.7. The molecule has 0 fully saturated rings. The van der Waals surface area contributed by atoms with Crippen LogP contribution in [-0.2, 0) is 22.6 Å². The van der Waals surface area contributed by atoms with Gasteiger partial charge in [-0.3, -0.25) is 10.1 Å². The van der Waals surface area contributed by atoms with Crippen molar-refractivity contribution in [3.05, 3.63) is 33.6 Å². The van der Waals surface area contributed by atoms with E-state index in [-0.39, 0.29) is 25.2 Å². The Morgan fingerprint density at radius 3 is 2.04 bits per heavy atom. The Bertz CT molecular complexity index is 1020. The highest BCUT2D eigenvalue weighted by Gasteiger charge is 2.44. The molecule has 2 aromatic rings. The Morgan fingerprint density at radius 2 is 1.64 bits per heavy atom. The third-order valence-corrected chi connectivity index (χ3v) is 5.74. The number of rotatable bonds is 5. The first-order chi connectivity index (χ1) is 12.7. The highest BCUT2D eigenvalue weighted by molar-refractivity contribution is 7.87. The van der Waals surface area contributed by atoms with Gasteiger partial charge in [-0.2, -0.15) is 39.1 Å². The van der Waals surface area contributed by atoms with Crippen molar-refractivity contribution in [3.8, 4) is 0 Å². The summed E-state index contributed by atoms with van der Waals surface area (Å²) in [5.41, 5.74) is -5.40. The number of imidazole rings is 1. The average Bonchev–Trinajstić information content (AvgIpc) is 2.94. The van der Waals surface area contributed by atoms with E-state index in [0.29, 0.717) is 4.31 Å². The van der Waals surface area contributed by atoms with Gasteiger partial charge in [0.2, 0.25) is 5.82 Å². The van der Waals surface area contributed by atoms with Gasteiger partial charge in [0.15, 0.2) is 5.52 Å². The summed E-state index contributed by atoms with van der Waals surface area (Å²) in [7, 11) is -5.03. The minimum Gasteiger partial charge on any atom is -0.258 e. The number of benzene rings is 1. The number of nitrogens with zero attached hydrogens (tertiary/aromatic N) is 4. The van der Waals surface area contributed by atoms with E-state index in [1.54, 1.807) is 0 Å². The SMILES string of the molecule is CCN(CC)S(=O)(=O)n1c(C(F)(F)F)nc2c([N+](=O)[O-])cc(C(F)(F)F)cc21. The van der Waals surface area contributed by atoms with Crippen molar-refractivity contribution in [2.45, 2.75) is 26.2 Å². The van der Waals surface area contributed by atoms with Crippen LogP contribution < -0.4 is 0 Å². The molecule has 1 heterocycles. The van der Waals surface area contributed by atoms with E-state index in [4.69, 9.17) is 0 Å². The van der Waals surface area contributed by atoms with Crippen LogP contribution in [0.1, 0.15) is 25.2 Å². The molecule has 1 aromatic carbocycles. The molecule has 156 valence electrons. The number of alkyl halides is 6. The van der Waals surface area contributed by atoms with E-state index in [9.17, 15) is 44.9 Å². The largest absolute Gasteiger partial charge is 0.450 e. The molecular formula is C13H12F6N4O4S. The number of fused-ring (bicyclic) bond motifs is 1. The molecular weight excluding hydrogens is 422 g/mol. The van der Waals surface area contributed by atoms with E-state index in [1.165, 1.54) is 13.8 Å². The smallest absolute Gasteiger partial charge is 0.258 e. The average molecular weight is 434 g/mol. The minimum atomic E-state index is -5.41. The summed E-state index contributed by atoms with van der Waals surface area (Å²) >= 11 is 0. The normalized spacial score (nSPS) is 13.5. The zero-order valence-electron chi connectivity index (χ0n) is 14.2. The van der Waals surface area contributed by atoms with Gasteiger partial charge in [-0.15, -0.1) is 0 Å². The van der Waals surface area contributed by atoms with Crippen molar-refractivity contribution in [1.82, 2.24) is 13.3 Å². The topological polar surface area (TPSA) is 98.3 Å². The molecule has 0 saturated carbocycles. The second kappa shape index (κ2) is 6.88. The van der Waals surface area contributed by atoms with Crippen LogP contribution >= 0.6 is 0 Å². The van der Waals surface area contributed by atoms with Gasteiger partial charge in [0.1, 0.15) is 0 Å². The molecule has 8 nitrogen and oxygen atoms in total. The Hall–Kier alpha value is -2.42. The molecule has 0 bridgehead atoms. The van der Waals surface area contributed by atoms with Crippen molar-refractivity contribution in [3.63, 3.8) is 0 Å². The summed E-state index contributed by atoms with van der Waals surface area (Å²) in [6, 6.07) is 0.0927. The van der Waals surface area contributed by atoms with Gasteiger partial charge in [-0.1, -0.05) is 13.8 Å². The van der Waals surface area contributed by atoms with Crippen molar-refractivity contribution in [2.75, 3.05) is 13.1 Å². The zero-order valence-corrected chi connectivity index (χ0v) is 15.0. The molecule has 0 saturated heterocycles. The lowest BCUT2D eigenvalue weighted by molar-refractivity contribution is -0.383. The molecule has 2 rings (SSSR count). The van der Waals surface area contributed by atoms with E-state index in [0.717, 1.165) is 0 Å². The Kier molecular flexibility index (Phi) is 5.37. The Labute approximate surface area is 153 Å². The van der Waals surface area contributed by atoms with E-state index >= 15 is 0 Å².